The minimum atomic E-state index is -0.000311. The lowest BCUT2D eigenvalue weighted by molar-refractivity contribution is -0.118. The summed E-state index contributed by atoms with van der Waals surface area (Å²) in [4.78, 5) is 13.4. The van der Waals surface area contributed by atoms with E-state index in [4.69, 9.17) is 0 Å². The van der Waals surface area contributed by atoms with Crippen LogP contribution in [-0.2, 0) is 23.5 Å². The highest BCUT2D eigenvalue weighted by molar-refractivity contribution is 7.99. The van der Waals surface area contributed by atoms with E-state index in [9.17, 15) is 4.79 Å². The minimum absolute atomic E-state index is 0.000311. The standard InChI is InChI=1S/C23H26N4OS2/c1-3-15-27-21(16-29-20-11-9-18(2)10-12-20)25-26-23(27)30-17-22(28)24-14-13-19-7-5-4-6-8-19/h3-12H,1,13-17H2,2H3,(H,24,28). The van der Waals surface area contributed by atoms with Crippen LogP contribution in [0.15, 0.2) is 77.3 Å². The average Bonchev–Trinajstić information content (AvgIpc) is 3.14. The Labute approximate surface area is 186 Å². The number of allylic oxidation sites excluding steroid dienone is 1. The molecule has 156 valence electrons. The molecular weight excluding hydrogens is 412 g/mol. The van der Waals surface area contributed by atoms with E-state index < -0.39 is 0 Å². The predicted molar refractivity (Wildman–Crippen MR) is 125 cm³/mol. The molecule has 1 aromatic heterocycles. The third-order valence-corrected chi connectivity index (χ3v) is 6.38. The normalized spacial score (nSPS) is 10.7. The largest absolute Gasteiger partial charge is 0.355 e. The predicted octanol–water partition coefficient (Wildman–Crippen LogP) is 4.52. The summed E-state index contributed by atoms with van der Waals surface area (Å²) in [5.74, 6) is 1.91. The molecule has 0 spiro atoms. The number of rotatable bonds is 11. The van der Waals surface area contributed by atoms with Gasteiger partial charge in [-0.3, -0.25) is 4.79 Å². The second kappa shape index (κ2) is 11.6. The van der Waals surface area contributed by atoms with Crippen molar-refractivity contribution in [3.63, 3.8) is 0 Å². The molecule has 0 radical (unpaired) electrons. The minimum Gasteiger partial charge on any atom is -0.355 e. The van der Waals surface area contributed by atoms with E-state index in [1.165, 1.54) is 27.8 Å². The maximum absolute atomic E-state index is 12.2. The molecule has 0 fully saturated rings. The molecule has 0 atom stereocenters. The summed E-state index contributed by atoms with van der Waals surface area (Å²) < 4.78 is 2.02. The molecule has 1 N–H and O–H groups in total. The topological polar surface area (TPSA) is 59.8 Å². The zero-order valence-electron chi connectivity index (χ0n) is 17.1. The van der Waals surface area contributed by atoms with Gasteiger partial charge in [-0.25, -0.2) is 0 Å². The first-order valence-electron chi connectivity index (χ1n) is 9.81. The molecule has 0 bridgehead atoms. The molecule has 0 aliphatic rings. The molecule has 0 unspecified atom stereocenters. The van der Waals surface area contributed by atoms with E-state index in [0.717, 1.165) is 17.4 Å². The van der Waals surface area contributed by atoms with Crippen LogP contribution in [0.5, 0.6) is 0 Å². The van der Waals surface area contributed by atoms with E-state index in [1.54, 1.807) is 11.8 Å². The molecular formula is C23H26N4OS2. The number of amides is 1. The van der Waals surface area contributed by atoms with Crippen LogP contribution in [0.1, 0.15) is 17.0 Å². The van der Waals surface area contributed by atoms with Gasteiger partial charge < -0.3 is 9.88 Å². The summed E-state index contributed by atoms with van der Waals surface area (Å²) in [6.07, 6.45) is 2.65. The van der Waals surface area contributed by atoms with Crippen LogP contribution in [-0.4, -0.2) is 33.0 Å². The van der Waals surface area contributed by atoms with E-state index in [1.807, 2.05) is 28.8 Å². The quantitative estimate of drug-likeness (QED) is 0.352. The first-order valence-corrected chi connectivity index (χ1v) is 11.8. The molecule has 1 heterocycles. The number of nitrogens with one attached hydrogen (secondary N) is 1. The number of thioether (sulfide) groups is 2. The van der Waals surface area contributed by atoms with Crippen LogP contribution in [0.2, 0.25) is 0 Å². The maximum atomic E-state index is 12.2. The van der Waals surface area contributed by atoms with Gasteiger partial charge in [-0.1, -0.05) is 65.9 Å². The monoisotopic (exact) mass is 438 g/mol. The molecule has 0 saturated carbocycles. The smallest absolute Gasteiger partial charge is 0.230 e. The van der Waals surface area contributed by atoms with Gasteiger partial charge in [0.15, 0.2) is 5.16 Å². The summed E-state index contributed by atoms with van der Waals surface area (Å²) in [7, 11) is 0. The van der Waals surface area contributed by atoms with Crippen LogP contribution < -0.4 is 5.32 Å². The zero-order valence-corrected chi connectivity index (χ0v) is 18.7. The Morgan fingerprint density at radius 3 is 2.60 bits per heavy atom. The third-order valence-electron chi connectivity index (χ3n) is 4.41. The van der Waals surface area contributed by atoms with Gasteiger partial charge in [-0.2, -0.15) is 0 Å². The second-order valence-electron chi connectivity index (χ2n) is 6.77. The van der Waals surface area contributed by atoms with Gasteiger partial charge in [0.1, 0.15) is 5.82 Å². The van der Waals surface area contributed by atoms with E-state index in [0.29, 0.717) is 24.6 Å². The number of aryl methyl sites for hydroxylation is 1. The zero-order chi connectivity index (χ0) is 21.2. The number of nitrogens with zero attached hydrogens (tertiary/aromatic N) is 3. The Morgan fingerprint density at radius 2 is 1.87 bits per heavy atom. The SMILES string of the molecule is C=CCn1c(CSc2ccc(C)cc2)nnc1SCC(=O)NCCc1ccccc1. The Kier molecular flexibility index (Phi) is 8.59. The van der Waals surface area contributed by atoms with Gasteiger partial charge in [-0.15, -0.1) is 28.5 Å². The third kappa shape index (κ3) is 6.78. The van der Waals surface area contributed by atoms with Crippen molar-refractivity contribution >= 4 is 29.4 Å². The van der Waals surface area contributed by atoms with Crippen molar-refractivity contribution in [1.29, 1.82) is 0 Å². The van der Waals surface area contributed by atoms with Crippen molar-refractivity contribution in [1.82, 2.24) is 20.1 Å². The van der Waals surface area contributed by atoms with Crippen LogP contribution in [0.4, 0.5) is 0 Å². The van der Waals surface area contributed by atoms with Crippen LogP contribution in [0.25, 0.3) is 0 Å². The number of hydrogen-bond acceptors (Lipinski definition) is 5. The van der Waals surface area contributed by atoms with Gasteiger partial charge >= 0.3 is 0 Å². The van der Waals surface area contributed by atoms with Crippen LogP contribution in [0, 0.1) is 6.92 Å². The van der Waals surface area contributed by atoms with Gasteiger partial charge in [0.25, 0.3) is 0 Å². The molecule has 30 heavy (non-hydrogen) atoms. The van der Waals surface area contributed by atoms with Crippen LogP contribution in [0.3, 0.4) is 0 Å². The van der Waals surface area contributed by atoms with Crippen molar-refractivity contribution in [2.45, 2.75) is 35.7 Å². The molecule has 5 nitrogen and oxygen atoms in total. The van der Waals surface area contributed by atoms with Gasteiger partial charge in [0, 0.05) is 18.0 Å². The van der Waals surface area contributed by atoms with Gasteiger partial charge in [0.2, 0.25) is 5.91 Å². The van der Waals surface area contributed by atoms with E-state index >= 15 is 0 Å². The van der Waals surface area contributed by atoms with Crippen molar-refractivity contribution in [3.8, 4) is 0 Å². The Morgan fingerprint density at radius 1 is 1.10 bits per heavy atom. The summed E-state index contributed by atoms with van der Waals surface area (Å²) >= 11 is 3.13. The van der Waals surface area contributed by atoms with E-state index in [2.05, 4.69) is 65.4 Å². The number of carbonyl (C=O) groups is 1. The number of hydrogen-bond donors (Lipinski definition) is 1. The first kappa shape index (κ1) is 22.2. The Balaban J connectivity index is 1.50. The lowest BCUT2D eigenvalue weighted by atomic mass is 10.1. The highest BCUT2D eigenvalue weighted by Crippen LogP contribution is 2.25. The summed E-state index contributed by atoms with van der Waals surface area (Å²) in [6.45, 7) is 7.16. The van der Waals surface area contributed by atoms with E-state index in [-0.39, 0.29) is 5.91 Å². The fraction of sp³-hybridized carbons (Fsp3) is 0.261. The van der Waals surface area contributed by atoms with Crippen molar-refractivity contribution in [3.05, 3.63) is 84.2 Å². The van der Waals surface area contributed by atoms with Gasteiger partial charge in [-0.05, 0) is 31.0 Å². The highest BCUT2D eigenvalue weighted by Gasteiger charge is 2.13. The first-order chi connectivity index (χ1) is 14.7. The number of carbonyl (C=O) groups excluding carboxylic acids is 1. The molecule has 0 aliphatic carbocycles. The molecule has 3 aromatic rings. The second-order valence-corrected chi connectivity index (χ2v) is 8.77. The fourth-order valence-electron chi connectivity index (χ4n) is 2.80. The summed E-state index contributed by atoms with van der Waals surface area (Å²) in [5, 5.41) is 12.3. The molecule has 0 aliphatic heterocycles. The lowest BCUT2D eigenvalue weighted by Crippen LogP contribution is -2.27. The van der Waals surface area contributed by atoms with Crippen molar-refractivity contribution in [2.75, 3.05) is 12.3 Å². The maximum Gasteiger partial charge on any atom is 0.230 e. The summed E-state index contributed by atoms with van der Waals surface area (Å²) in [5.41, 5.74) is 2.46. The molecule has 3 rings (SSSR count). The Bertz CT molecular complexity index is 955. The Hall–Kier alpha value is -2.51. The molecule has 0 saturated heterocycles. The fourth-order valence-corrected chi connectivity index (χ4v) is 4.43. The van der Waals surface area contributed by atoms with Crippen LogP contribution >= 0.6 is 23.5 Å². The molecule has 1 amide bonds. The average molecular weight is 439 g/mol. The summed E-state index contributed by atoms with van der Waals surface area (Å²) in [6, 6.07) is 18.6. The molecule has 7 heteroatoms. The highest BCUT2D eigenvalue weighted by atomic mass is 32.2. The van der Waals surface area contributed by atoms with Crippen molar-refractivity contribution < 1.29 is 4.79 Å². The lowest BCUT2D eigenvalue weighted by Gasteiger charge is -2.08. The number of aromatic nitrogens is 3. The van der Waals surface area contributed by atoms with Gasteiger partial charge in [0.05, 0.1) is 11.5 Å². The molecule has 2 aromatic carbocycles. The van der Waals surface area contributed by atoms with Crippen molar-refractivity contribution in [2.24, 2.45) is 0 Å². The number of benzene rings is 2.